The van der Waals surface area contributed by atoms with Gasteiger partial charge in [-0.25, -0.2) is 9.78 Å². The lowest BCUT2D eigenvalue weighted by Gasteiger charge is -2.28. The second-order valence-electron chi connectivity index (χ2n) is 6.94. The van der Waals surface area contributed by atoms with Crippen molar-refractivity contribution in [1.29, 1.82) is 5.41 Å². The molecular formula is C22H16ClN3O4. The molecule has 30 heavy (non-hydrogen) atoms. The summed E-state index contributed by atoms with van der Waals surface area (Å²) in [6.45, 7) is 0.0540. The van der Waals surface area contributed by atoms with Gasteiger partial charge in [-0.1, -0.05) is 35.9 Å². The molecule has 0 amide bonds. The molecular weight excluding hydrogens is 406 g/mol. The molecule has 150 valence electrons. The van der Waals surface area contributed by atoms with Crippen LogP contribution >= 0.6 is 11.6 Å². The van der Waals surface area contributed by atoms with E-state index in [9.17, 15) is 9.90 Å². The monoisotopic (exact) mass is 421 g/mol. The zero-order valence-corrected chi connectivity index (χ0v) is 16.4. The maximum absolute atomic E-state index is 13.1. The van der Waals surface area contributed by atoms with Crippen LogP contribution < -0.4 is 15.9 Å². The average Bonchev–Trinajstić information content (AvgIpc) is 2.75. The fraction of sp³-hybridized carbons (Fsp3) is 0.136. The highest BCUT2D eigenvalue weighted by molar-refractivity contribution is 6.30. The molecule has 0 saturated carbocycles. The molecule has 4 aromatic rings. The number of benzene rings is 2. The number of aliphatic hydroxyl groups excluding tert-OH is 1. The molecule has 7 nitrogen and oxygen atoms in total. The van der Waals surface area contributed by atoms with E-state index in [4.69, 9.17) is 26.2 Å². The Hall–Kier alpha value is -3.42. The second-order valence-corrected chi connectivity index (χ2v) is 7.38. The molecule has 0 bridgehead atoms. The first kappa shape index (κ1) is 18.6. The van der Waals surface area contributed by atoms with Gasteiger partial charge in [0.25, 0.3) is 0 Å². The van der Waals surface area contributed by atoms with Crippen LogP contribution in [0.25, 0.3) is 11.0 Å². The van der Waals surface area contributed by atoms with Crippen molar-refractivity contribution in [2.75, 3.05) is 6.61 Å². The quantitative estimate of drug-likeness (QED) is 0.435. The minimum atomic E-state index is -0.631. The highest BCUT2D eigenvalue weighted by atomic mass is 35.5. The van der Waals surface area contributed by atoms with Gasteiger partial charge in [0.1, 0.15) is 17.4 Å². The third-order valence-corrected chi connectivity index (χ3v) is 5.46. The van der Waals surface area contributed by atoms with Crippen molar-refractivity contribution in [3.63, 3.8) is 0 Å². The minimum Gasteiger partial charge on any atom is -0.437 e. The predicted molar refractivity (Wildman–Crippen MR) is 110 cm³/mol. The van der Waals surface area contributed by atoms with E-state index in [1.807, 2.05) is 24.3 Å². The second kappa shape index (κ2) is 7.12. The summed E-state index contributed by atoms with van der Waals surface area (Å²) < 4.78 is 13.2. The number of halogens is 1. The number of fused-ring (bicyclic) bond motifs is 4. The van der Waals surface area contributed by atoms with Crippen LogP contribution in [0.3, 0.4) is 0 Å². The first-order valence-corrected chi connectivity index (χ1v) is 9.70. The molecule has 1 atom stereocenters. The molecule has 0 aliphatic carbocycles. The Morgan fingerprint density at radius 2 is 1.90 bits per heavy atom. The van der Waals surface area contributed by atoms with Crippen molar-refractivity contribution in [2.24, 2.45) is 0 Å². The first-order valence-electron chi connectivity index (χ1n) is 9.32. The largest absolute Gasteiger partial charge is 0.437 e. The third kappa shape index (κ3) is 2.82. The summed E-state index contributed by atoms with van der Waals surface area (Å²) in [4.78, 5) is 17.4. The van der Waals surface area contributed by atoms with E-state index >= 15 is 0 Å². The summed E-state index contributed by atoms with van der Waals surface area (Å²) in [6, 6.07) is 14.2. The molecule has 2 aromatic carbocycles. The fourth-order valence-electron chi connectivity index (χ4n) is 3.85. The molecule has 5 rings (SSSR count). The Morgan fingerprint density at radius 1 is 1.13 bits per heavy atom. The lowest BCUT2D eigenvalue weighted by atomic mass is 9.84. The number of hydrogen-bond donors (Lipinski definition) is 2. The van der Waals surface area contributed by atoms with Gasteiger partial charge in [-0.3, -0.25) is 5.41 Å². The van der Waals surface area contributed by atoms with E-state index in [1.165, 1.54) is 10.9 Å². The first-order chi connectivity index (χ1) is 14.6. The van der Waals surface area contributed by atoms with Gasteiger partial charge in [-0.05, 0) is 29.8 Å². The number of rotatable bonds is 3. The van der Waals surface area contributed by atoms with Crippen molar-refractivity contribution in [3.8, 4) is 11.6 Å². The highest BCUT2D eigenvalue weighted by Crippen LogP contribution is 2.46. The predicted octanol–water partition coefficient (Wildman–Crippen LogP) is 3.40. The van der Waals surface area contributed by atoms with Gasteiger partial charge in [-0.2, -0.15) is 0 Å². The van der Waals surface area contributed by atoms with Crippen LogP contribution in [0.15, 0.2) is 64.1 Å². The van der Waals surface area contributed by atoms with Crippen LogP contribution in [0.1, 0.15) is 22.6 Å². The van der Waals surface area contributed by atoms with Crippen molar-refractivity contribution in [3.05, 3.63) is 92.5 Å². The van der Waals surface area contributed by atoms with Gasteiger partial charge in [-0.15, -0.1) is 0 Å². The molecule has 0 fully saturated rings. The number of para-hydroxylation sites is 1. The molecule has 0 saturated heterocycles. The summed E-state index contributed by atoms with van der Waals surface area (Å²) in [7, 11) is 0. The van der Waals surface area contributed by atoms with Crippen LogP contribution in [-0.2, 0) is 6.54 Å². The lowest BCUT2D eigenvalue weighted by Crippen LogP contribution is -2.32. The Labute approximate surface area is 175 Å². The average molecular weight is 422 g/mol. The van der Waals surface area contributed by atoms with Crippen molar-refractivity contribution >= 4 is 22.6 Å². The van der Waals surface area contributed by atoms with Crippen molar-refractivity contribution < 1.29 is 14.3 Å². The van der Waals surface area contributed by atoms with E-state index < -0.39 is 11.5 Å². The number of aliphatic hydroxyl groups is 1. The molecule has 2 N–H and O–H groups in total. The Morgan fingerprint density at radius 3 is 2.67 bits per heavy atom. The Bertz CT molecular complexity index is 1390. The molecule has 0 spiro atoms. The molecule has 3 heterocycles. The minimum absolute atomic E-state index is 0.104. The van der Waals surface area contributed by atoms with E-state index in [0.29, 0.717) is 32.9 Å². The van der Waals surface area contributed by atoms with Gasteiger partial charge in [0.2, 0.25) is 5.88 Å². The number of aromatic nitrogens is 2. The van der Waals surface area contributed by atoms with Crippen LogP contribution in [0.4, 0.5) is 0 Å². The van der Waals surface area contributed by atoms with Crippen LogP contribution in [0.2, 0.25) is 5.02 Å². The molecule has 0 radical (unpaired) electrons. The zero-order valence-electron chi connectivity index (χ0n) is 15.6. The van der Waals surface area contributed by atoms with Crippen molar-refractivity contribution in [1.82, 2.24) is 9.55 Å². The SMILES string of the molecule is N=c1c2c(ncn1CCO)Oc1c(c(=O)oc3ccccc13)C2c1ccc(Cl)cc1. The fourth-order valence-corrected chi connectivity index (χ4v) is 3.97. The molecule has 2 aromatic heterocycles. The van der Waals surface area contributed by atoms with E-state index in [0.717, 1.165) is 5.56 Å². The number of nitrogens with zero attached hydrogens (tertiary/aromatic N) is 2. The maximum Gasteiger partial charge on any atom is 0.344 e. The third-order valence-electron chi connectivity index (χ3n) is 5.21. The standard InChI is InChI=1S/C22H16ClN3O4/c23-13-7-5-12(6-8-13)16-17-19(14-3-1-2-4-15(14)29-22(17)28)30-21-18(16)20(24)26(9-10-27)11-25-21/h1-8,11,16,24,27H,9-10H2. The van der Waals surface area contributed by atoms with Crippen LogP contribution in [0, 0.1) is 5.41 Å². The highest BCUT2D eigenvalue weighted by Gasteiger charge is 2.36. The molecule has 1 unspecified atom stereocenters. The Balaban J connectivity index is 1.87. The topological polar surface area (TPSA) is 101 Å². The summed E-state index contributed by atoms with van der Waals surface area (Å²) in [5, 5.41) is 19.2. The van der Waals surface area contributed by atoms with Crippen LogP contribution in [-0.4, -0.2) is 21.3 Å². The van der Waals surface area contributed by atoms with Gasteiger partial charge in [0, 0.05) is 11.6 Å². The van der Waals surface area contributed by atoms with Gasteiger partial charge < -0.3 is 18.8 Å². The number of hydrogen-bond acceptors (Lipinski definition) is 6. The summed E-state index contributed by atoms with van der Waals surface area (Å²) in [5.41, 5.74) is 1.48. The van der Waals surface area contributed by atoms with Crippen LogP contribution in [0.5, 0.6) is 11.6 Å². The summed E-state index contributed by atoms with van der Waals surface area (Å²) >= 11 is 6.07. The smallest absolute Gasteiger partial charge is 0.344 e. The number of ether oxygens (including phenoxy) is 1. The zero-order chi connectivity index (χ0) is 20.8. The lowest BCUT2D eigenvalue weighted by molar-refractivity contribution is 0.271. The number of nitrogens with one attached hydrogen (secondary N) is 1. The molecule has 1 aliphatic rings. The Kier molecular flexibility index (Phi) is 4.42. The van der Waals surface area contributed by atoms with Crippen molar-refractivity contribution in [2.45, 2.75) is 12.5 Å². The van der Waals surface area contributed by atoms with Gasteiger partial charge >= 0.3 is 5.63 Å². The van der Waals surface area contributed by atoms with E-state index in [-0.39, 0.29) is 24.5 Å². The molecule has 8 heteroatoms. The van der Waals surface area contributed by atoms with Gasteiger partial charge in [0.05, 0.1) is 29.0 Å². The summed E-state index contributed by atoms with van der Waals surface area (Å²) in [5.74, 6) is -0.00785. The maximum atomic E-state index is 13.1. The molecule has 1 aliphatic heterocycles. The van der Waals surface area contributed by atoms with Gasteiger partial charge in [0.15, 0.2) is 5.75 Å². The normalized spacial score (nSPS) is 14.8. The van der Waals surface area contributed by atoms with E-state index in [2.05, 4.69) is 4.98 Å². The van der Waals surface area contributed by atoms with E-state index in [1.54, 1.807) is 24.3 Å². The summed E-state index contributed by atoms with van der Waals surface area (Å²) in [6.07, 6.45) is 1.45.